The molecule has 1 unspecified atom stereocenters. The van der Waals surface area contributed by atoms with E-state index in [2.05, 4.69) is 4.98 Å². The first kappa shape index (κ1) is 29.0. The van der Waals surface area contributed by atoms with Gasteiger partial charge in [-0.1, -0.05) is 37.3 Å². The van der Waals surface area contributed by atoms with Crippen LogP contribution in [0.25, 0.3) is 0 Å². The van der Waals surface area contributed by atoms with Crippen LogP contribution in [-0.4, -0.2) is 35.2 Å². The Morgan fingerprint density at radius 3 is 2.26 bits per heavy atom. The summed E-state index contributed by atoms with van der Waals surface area (Å²) in [6, 6.07) is 14.5. The third kappa shape index (κ3) is 10.6. The minimum Gasteiger partial charge on any atom is -0.503 e. The summed E-state index contributed by atoms with van der Waals surface area (Å²) < 4.78 is 35.2. The summed E-state index contributed by atoms with van der Waals surface area (Å²) in [7, 11) is 1.37. The molecule has 1 aromatic heterocycles. The number of carbonyl (C=O) groups is 2. The molecule has 35 heavy (non-hydrogen) atoms. The molecule has 188 valence electrons. The van der Waals surface area contributed by atoms with Gasteiger partial charge in [0.2, 0.25) is 0 Å². The molecule has 0 aliphatic rings. The van der Waals surface area contributed by atoms with E-state index >= 15 is 0 Å². The van der Waals surface area contributed by atoms with Crippen LogP contribution >= 0.6 is 0 Å². The van der Waals surface area contributed by atoms with E-state index in [-0.39, 0.29) is 40.9 Å². The number of esters is 1. The number of nitrogens with two attached hydrogens (primary N) is 1. The van der Waals surface area contributed by atoms with Gasteiger partial charge in [-0.05, 0) is 43.2 Å². The second-order valence-electron chi connectivity index (χ2n) is 7.32. The monoisotopic (exact) mass is 488 g/mol. The Balaban J connectivity index is 0.000000282. The van der Waals surface area contributed by atoms with E-state index < -0.39 is 5.91 Å². The number of ether oxygens (including phenoxy) is 2. The van der Waals surface area contributed by atoms with Crippen LogP contribution < -0.4 is 10.5 Å². The van der Waals surface area contributed by atoms with Crippen molar-refractivity contribution in [1.82, 2.24) is 4.98 Å². The average molecular weight is 489 g/mol. The molecule has 0 fully saturated rings. The molecule has 2 aromatic carbocycles. The van der Waals surface area contributed by atoms with Gasteiger partial charge in [-0.3, -0.25) is 9.59 Å². The Hall–Kier alpha value is -4.01. The van der Waals surface area contributed by atoms with E-state index in [4.69, 9.17) is 15.2 Å². The zero-order valence-corrected chi connectivity index (χ0v) is 20.1. The highest BCUT2D eigenvalue weighted by Gasteiger charge is 2.13. The number of rotatable bonds is 6. The molecule has 1 amide bonds. The Morgan fingerprint density at radius 1 is 1.11 bits per heavy atom. The SMILES string of the molecule is CCC(=O)OC(C)Cc1ccc(C)cc1F.COc1ccnc(C(N)=O)c1O.Fc1ccccc1. The highest BCUT2D eigenvalue weighted by Crippen LogP contribution is 2.26. The van der Waals surface area contributed by atoms with Gasteiger partial charge in [0.05, 0.1) is 7.11 Å². The van der Waals surface area contributed by atoms with Crippen LogP contribution in [0.3, 0.4) is 0 Å². The predicted octanol–water partition coefficient (Wildman–Crippen LogP) is 4.74. The van der Waals surface area contributed by atoms with Crippen molar-refractivity contribution >= 4 is 11.9 Å². The summed E-state index contributed by atoms with van der Waals surface area (Å²) in [5, 5.41) is 9.27. The molecule has 1 atom stereocenters. The maximum Gasteiger partial charge on any atom is 0.305 e. The number of methoxy groups -OCH3 is 1. The van der Waals surface area contributed by atoms with Gasteiger partial charge in [0, 0.05) is 25.1 Å². The zero-order valence-electron chi connectivity index (χ0n) is 20.1. The third-order valence-electron chi connectivity index (χ3n) is 4.41. The first-order chi connectivity index (χ1) is 16.6. The molecule has 3 N–H and O–H groups in total. The average Bonchev–Trinajstić information content (AvgIpc) is 2.82. The molecular formula is C26H30F2N2O5. The summed E-state index contributed by atoms with van der Waals surface area (Å²) in [6.07, 6.45) is 1.81. The second-order valence-corrected chi connectivity index (χ2v) is 7.32. The Bertz CT molecular complexity index is 1090. The molecule has 0 saturated carbocycles. The van der Waals surface area contributed by atoms with Crippen LogP contribution in [0.5, 0.6) is 11.5 Å². The molecule has 0 radical (unpaired) electrons. The van der Waals surface area contributed by atoms with Crippen molar-refractivity contribution in [2.24, 2.45) is 5.73 Å². The van der Waals surface area contributed by atoms with Gasteiger partial charge in [0.15, 0.2) is 17.2 Å². The Kier molecular flexibility index (Phi) is 12.4. The van der Waals surface area contributed by atoms with E-state index in [1.165, 1.54) is 37.6 Å². The Labute approximate surface area is 203 Å². The number of aromatic hydroxyl groups is 1. The van der Waals surface area contributed by atoms with Crippen LogP contribution in [0.4, 0.5) is 8.78 Å². The lowest BCUT2D eigenvalue weighted by Gasteiger charge is -2.13. The topological polar surface area (TPSA) is 112 Å². The van der Waals surface area contributed by atoms with Crippen molar-refractivity contribution in [2.75, 3.05) is 7.11 Å². The van der Waals surface area contributed by atoms with Gasteiger partial charge in [0.25, 0.3) is 5.91 Å². The summed E-state index contributed by atoms with van der Waals surface area (Å²) >= 11 is 0. The Morgan fingerprint density at radius 2 is 1.77 bits per heavy atom. The van der Waals surface area contributed by atoms with E-state index in [1.54, 1.807) is 38.1 Å². The van der Waals surface area contributed by atoms with Crippen LogP contribution in [0.2, 0.25) is 0 Å². The first-order valence-electron chi connectivity index (χ1n) is 10.8. The number of pyridine rings is 1. The van der Waals surface area contributed by atoms with Crippen LogP contribution in [-0.2, 0) is 16.0 Å². The minimum atomic E-state index is -0.786. The molecular weight excluding hydrogens is 458 g/mol. The van der Waals surface area contributed by atoms with E-state index in [9.17, 15) is 23.5 Å². The number of amides is 1. The largest absolute Gasteiger partial charge is 0.503 e. The van der Waals surface area contributed by atoms with Crippen molar-refractivity contribution in [2.45, 2.75) is 39.7 Å². The van der Waals surface area contributed by atoms with Crippen molar-refractivity contribution in [3.05, 3.63) is 89.2 Å². The molecule has 3 rings (SSSR count). The zero-order chi connectivity index (χ0) is 26.4. The van der Waals surface area contributed by atoms with Gasteiger partial charge in [-0.15, -0.1) is 0 Å². The smallest absolute Gasteiger partial charge is 0.305 e. The number of hydrogen-bond donors (Lipinski definition) is 2. The lowest BCUT2D eigenvalue weighted by Crippen LogP contribution is -2.17. The van der Waals surface area contributed by atoms with E-state index in [0.717, 1.165) is 5.56 Å². The number of aromatic nitrogens is 1. The fourth-order valence-corrected chi connectivity index (χ4v) is 2.67. The fraction of sp³-hybridized carbons (Fsp3) is 0.269. The molecule has 7 nitrogen and oxygen atoms in total. The quantitative estimate of drug-likeness (QED) is 0.485. The normalized spacial score (nSPS) is 10.6. The van der Waals surface area contributed by atoms with Crippen LogP contribution in [0, 0.1) is 18.6 Å². The number of primary amides is 1. The maximum atomic E-state index is 13.5. The second kappa shape index (κ2) is 15.0. The maximum absolute atomic E-state index is 13.5. The fourth-order valence-electron chi connectivity index (χ4n) is 2.67. The third-order valence-corrected chi connectivity index (χ3v) is 4.41. The number of halogens is 2. The number of benzene rings is 2. The van der Waals surface area contributed by atoms with Gasteiger partial charge in [-0.25, -0.2) is 13.8 Å². The minimum absolute atomic E-state index is 0.178. The molecule has 0 aliphatic heterocycles. The van der Waals surface area contributed by atoms with Crippen molar-refractivity contribution < 1.29 is 33.0 Å². The molecule has 0 spiro atoms. The standard InChI is InChI=1S/C13H17FO2.C7H8N2O3.C6H5F/c1-4-13(15)16-10(3)8-11-6-5-9(2)7-12(11)14;1-12-4-2-3-9-5(6(4)10)7(8)11;7-6-4-2-1-3-5-6/h5-7,10H,4,8H2,1-3H3;2-3,10H,1H3,(H2,8,11);1-5H. The lowest BCUT2D eigenvalue weighted by atomic mass is 10.1. The predicted molar refractivity (Wildman–Crippen MR) is 128 cm³/mol. The molecule has 1 heterocycles. The molecule has 9 heteroatoms. The van der Waals surface area contributed by atoms with Crippen molar-refractivity contribution in [3.8, 4) is 11.5 Å². The number of carbonyl (C=O) groups excluding carboxylic acids is 2. The lowest BCUT2D eigenvalue weighted by molar-refractivity contribution is -0.147. The molecule has 0 saturated heterocycles. The van der Waals surface area contributed by atoms with Crippen molar-refractivity contribution in [3.63, 3.8) is 0 Å². The first-order valence-corrected chi connectivity index (χ1v) is 10.8. The summed E-state index contributed by atoms with van der Waals surface area (Å²) in [5.41, 5.74) is 6.21. The van der Waals surface area contributed by atoms with Gasteiger partial charge in [-0.2, -0.15) is 0 Å². The van der Waals surface area contributed by atoms with E-state index in [0.29, 0.717) is 18.4 Å². The summed E-state index contributed by atoms with van der Waals surface area (Å²) in [6.45, 7) is 5.35. The summed E-state index contributed by atoms with van der Waals surface area (Å²) in [4.78, 5) is 25.3. The number of aryl methyl sites for hydroxylation is 1. The van der Waals surface area contributed by atoms with E-state index in [1.807, 2.05) is 13.0 Å². The molecule has 3 aromatic rings. The van der Waals surface area contributed by atoms with Crippen molar-refractivity contribution in [1.29, 1.82) is 0 Å². The highest BCUT2D eigenvalue weighted by molar-refractivity contribution is 5.94. The van der Waals surface area contributed by atoms with Crippen LogP contribution in [0.1, 0.15) is 41.9 Å². The number of nitrogens with zero attached hydrogens (tertiary/aromatic N) is 1. The van der Waals surface area contributed by atoms with Crippen LogP contribution in [0.15, 0.2) is 60.8 Å². The molecule has 0 bridgehead atoms. The molecule has 0 aliphatic carbocycles. The number of hydrogen-bond acceptors (Lipinski definition) is 6. The summed E-state index contributed by atoms with van der Waals surface area (Å²) in [5.74, 6) is -1.60. The van der Waals surface area contributed by atoms with Gasteiger partial charge < -0.3 is 20.3 Å². The highest BCUT2D eigenvalue weighted by atomic mass is 19.1. The van der Waals surface area contributed by atoms with Gasteiger partial charge in [0.1, 0.15) is 17.7 Å². The van der Waals surface area contributed by atoms with Gasteiger partial charge >= 0.3 is 5.97 Å².